The SMILES string of the molecule is O=C(O)C(CF)=NOCC=Cc1cccc(Cl)c1. The zero-order valence-corrected chi connectivity index (χ0v) is 10.1. The van der Waals surface area contributed by atoms with Gasteiger partial charge in [-0.25, -0.2) is 9.18 Å². The second-order valence-corrected chi connectivity index (χ2v) is 3.67. The van der Waals surface area contributed by atoms with Crippen molar-refractivity contribution < 1.29 is 19.1 Å². The van der Waals surface area contributed by atoms with Crippen LogP contribution in [0.5, 0.6) is 0 Å². The number of carbonyl (C=O) groups is 1. The number of nitrogens with zero attached hydrogens (tertiary/aromatic N) is 1. The highest BCUT2D eigenvalue weighted by Crippen LogP contribution is 2.11. The molecule has 18 heavy (non-hydrogen) atoms. The zero-order chi connectivity index (χ0) is 13.4. The molecule has 1 aromatic carbocycles. The molecule has 0 aliphatic heterocycles. The highest BCUT2D eigenvalue weighted by molar-refractivity contribution is 6.36. The minimum Gasteiger partial charge on any atom is -0.477 e. The first-order valence-electron chi connectivity index (χ1n) is 5.03. The molecule has 4 nitrogen and oxygen atoms in total. The molecule has 1 rings (SSSR count). The van der Waals surface area contributed by atoms with Gasteiger partial charge in [-0.1, -0.05) is 35.0 Å². The predicted octanol–water partition coefficient (Wildman–Crippen LogP) is 2.78. The molecule has 0 radical (unpaired) electrons. The lowest BCUT2D eigenvalue weighted by Gasteiger charge is -1.97. The van der Waals surface area contributed by atoms with Crippen molar-refractivity contribution in [3.05, 3.63) is 40.9 Å². The summed E-state index contributed by atoms with van der Waals surface area (Å²) in [7, 11) is 0. The summed E-state index contributed by atoms with van der Waals surface area (Å²) in [4.78, 5) is 15.0. The van der Waals surface area contributed by atoms with E-state index >= 15 is 0 Å². The first-order valence-corrected chi connectivity index (χ1v) is 5.41. The molecule has 1 N–H and O–H groups in total. The molecule has 0 bridgehead atoms. The number of alkyl halides is 1. The standard InChI is InChI=1S/C12H11ClFNO3/c13-10-5-1-3-9(7-10)4-2-6-18-15-11(8-14)12(16)17/h1-5,7H,6,8H2,(H,16,17). The van der Waals surface area contributed by atoms with Crippen LogP contribution in [-0.4, -0.2) is 30.1 Å². The van der Waals surface area contributed by atoms with Gasteiger partial charge in [-0.05, 0) is 23.8 Å². The minimum absolute atomic E-state index is 0.0449. The second-order valence-electron chi connectivity index (χ2n) is 3.23. The monoisotopic (exact) mass is 271 g/mol. The summed E-state index contributed by atoms with van der Waals surface area (Å²) >= 11 is 5.79. The lowest BCUT2D eigenvalue weighted by Crippen LogP contribution is -2.15. The number of aliphatic carboxylic acids is 1. The van der Waals surface area contributed by atoms with Crippen molar-refractivity contribution in [1.82, 2.24) is 0 Å². The summed E-state index contributed by atoms with van der Waals surface area (Å²) in [6.07, 6.45) is 3.35. The Kier molecular flexibility index (Phi) is 5.87. The fourth-order valence-corrected chi connectivity index (χ4v) is 1.27. The van der Waals surface area contributed by atoms with Crippen molar-refractivity contribution in [3.63, 3.8) is 0 Å². The normalized spacial score (nSPS) is 11.8. The number of hydrogen-bond donors (Lipinski definition) is 1. The average molecular weight is 272 g/mol. The number of benzene rings is 1. The van der Waals surface area contributed by atoms with E-state index in [-0.39, 0.29) is 6.61 Å². The molecule has 0 aromatic heterocycles. The van der Waals surface area contributed by atoms with Gasteiger partial charge in [0.1, 0.15) is 13.3 Å². The van der Waals surface area contributed by atoms with Crippen LogP contribution in [0.1, 0.15) is 5.56 Å². The Morgan fingerprint density at radius 2 is 2.33 bits per heavy atom. The molecule has 1 aromatic rings. The van der Waals surface area contributed by atoms with Crippen molar-refractivity contribution in [1.29, 1.82) is 0 Å². The predicted molar refractivity (Wildman–Crippen MR) is 67.5 cm³/mol. The summed E-state index contributed by atoms with van der Waals surface area (Å²) in [5.74, 6) is -1.43. The maximum Gasteiger partial charge on any atom is 0.356 e. The average Bonchev–Trinajstić information content (AvgIpc) is 2.33. The van der Waals surface area contributed by atoms with Crippen molar-refractivity contribution in [3.8, 4) is 0 Å². The Hall–Kier alpha value is -1.88. The summed E-state index contributed by atoms with van der Waals surface area (Å²) in [5.41, 5.74) is 0.213. The molecular formula is C12H11ClFNO3. The largest absolute Gasteiger partial charge is 0.477 e. The maximum atomic E-state index is 12.1. The van der Waals surface area contributed by atoms with E-state index in [1.807, 2.05) is 6.07 Å². The Morgan fingerprint density at radius 3 is 2.94 bits per heavy atom. The Morgan fingerprint density at radius 1 is 1.56 bits per heavy atom. The van der Waals surface area contributed by atoms with Crippen LogP contribution >= 0.6 is 11.6 Å². The number of halogens is 2. The molecule has 0 aliphatic rings. The molecule has 0 saturated carbocycles. The first-order chi connectivity index (χ1) is 8.63. The Labute approximate surface area is 108 Å². The Balaban J connectivity index is 2.44. The van der Waals surface area contributed by atoms with E-state index in [1.165, 1.54) is 0 Å². The molecule has 0 fully saturated rings. The van der Waals surface area contributed by atoms with Gasteiger partial charge in [0.05, 0.1) is 0 Å². The topological polar surface area (TPSA) is 58.9 Å². The molecule has 0 saturated heterocycles. The summed E-state index contributed by atoms with van der Waals surface area (Å²) < 4.78 is 12.1. The van der Waals surface area contributed by atoms with Crippen LogP contribution in [0.15, 0.2) is 35.5 Å². The highest BCUT2D eigenvalue weighted by Gasteiger charge is 2.08. The van der Waals surface area contributed by atoms with Crippen LogP contribution in [0.3, 0.4) is 0 Å². The minimum atomic E-state index is -1.43. The molecule has 0 unspecified atom stereocenters. The van der Waals surface area contributed by atoms with Gasteiger partial charge in [0, 0.05) is 5.02 Å². The van der Waals surface area contributed by atoms with Gasteiger partial charge in [0.15, 0.2) is 5.71 Å². The number of carboxylic acid groups (broad SMARTS) is 1. The number of rotatable bonds is 6. The maximum absolute atomic E-state index is 12.1. The van der Waals surface area contributed by atoms with E-state index in [2.05, 4.69) is 9.99 Å². The van der Waals surface area contributed by atoms with E-state index in [4.69, 9.17) is 16.7 Å². The van der Waals surface area contributed by atoms with E-state index in [1.54, 1.807) is 30.4 Å². The molecule has 0 atom stereocenters. The number of hydrogen-bond acceptors (Lipinski definition) is 3. The molecule has 0 heterocycles. The van der Waals surface area contributed by atoms with Gasteiger partial charge in [-0.3, -0.25) is 0 Å². The van der Waals surface area contributed by atoms with Crippen LogP contribution in [0, 0.1) is 0 Å². The smallest absolute Gasteiger partial charge is 0.356 e. The van der Waals surface area contributed by atoms with Gasteiger partial charge in [-0.2, -0.15) is 0 Å². The second kappa shape index (κ2) is 7.45. The van der Waals surface area contributed by atoms with Crippen molar-refractivity contribution >= 4 is 29.4 Å². The van der Waals surface area contributed by atoms with Gasteiger partial charge >= 0.3 is 5.97 Å². The Bertz CT molecular complexity index is 474. The number of oxime groups is 1. The summed E-state index contributed by atoms with van der Waals surface area (Å²) in [6, 6.07) is 7.15. The fraction of sp³-hybridized carbons (Fsp3) is 0.167. The summed E-state index contributed by atoms with van der Waals surface area (Å²) in [5, 5.41) is 12.2. The summed E-state index contributed by atoms with van der Waals surface area (Å²) in [6.45, 7) is -1.13. The van der Waals surface area contributed by atoms with Crippen LogP contribution < -0.4 is 0 Å². The van der Waals surface area contributed by atoms with Crippen molar-refractivity contribution in [2.45, 2.75) is 0 Å². The third-order valence-electron chi connectivity index (χ3n) is 1.88. The lowest BCUT2D eigenvalue weighted by molar-refractivity contribution is -0.129. The third-order valence-corrected chi connectivity index (χ3v) is 2.11. The van der Waals surface area contributed by atoms with E-state index in [0.29, 0.717) is 5.02 Å². The van der Waals surface area contributed by atoms with Gasteiger partial charge in [0.25, 0.3) is 0 Å². The number of carboxylic acids is 1. The van der Waals surface area contributed by atoms with Crippen molar-refractivity contribution in [2.75, 3.05) is 13.3 Å². The molecule has 0 amide bonds. The zero-order valence-electron chi connectivity index (χ0n) is 9.35. The van der Waals surface area contributed by atoms with Gasteiger partial charge < -0.3 is 9.94 Å². The van der Waals surface area contributed by atoms with Crippen LogP contribution in [0.4, 0.5) is 4.39 Å². The molecule has 0 spiro atoms. The van der Waals surface area contributed by atoms with Crippen LogP contribution in [0.2, 0.25) is 5.02 Å². The quantitative estimate of drug-likeness (QED) is 0.492. The van der Waals surface area contributed by atoms with E-state index < -0.39 is 18.4 Å². The highest BCUT2D eigenvalue weighted by atomic mass is 35.5. The van der Waals surface area contributed by atoms with E-state index in [0.717, 1.165) is 5.56 Å². The van der Waals surface area contributed by atoms with Gasteiger partial charge in [0.2, 0.25) is 0 Å². The molecule has 6 heteroatoms. The lowest BCUT2D eigenvalue weighted by atomic mass is 10.2. The van der Waals surface area contributed by atoms with Crippen molar-refractivity contribution in [2.24, 2.45) is 5.16 Å². The molecule has 96 valence electrons. The first kappa shape index (κ1) is 14.2. The fourth-order valence-electron chi connectivity index (χ4n) is 1.07. The molecule has 0 aliphatic carbocycles. The third kappa shape index (κ3) is 4.97. The van der Waals surface area contributed by atoms with Crippen LogP contribution in [-0.2, 0) is 9.63 Å². The molecular weight excluding hydrogens is 261 g/mol. The van der Waals surface area contributed by atoms with Crippen LogP contribution in [0.25, 0.3) is 6.08 Å². The van der Waals surface area contributed by atoms with E-state index in [9.17, 15) is 9.18 Å². The van der Waals surface area contributed by atoms with Gasteiger partial charge in [-0.15, -0.1) is 0 Å².